The molecule has 1 saturated heterocycles. The quantitative estimate of drug-likeness (QED) is 0.604. The minimum atomic E-state index is -0.484. The second-order valence-electron chi connectivity index (χ2n) is 8.25. The number of nitrogens with zero attached hydrogens (tertiary/aromatic N) is 4. The summed E-state index contributed by atoms with van der Waals surface area (Å²) in [6, 6.07) is 6.05. The number of aromatic nitrogens is 2. The van der Waals surface area contributed by atoms with Gasteiger partial charge in [0.05, 0.1) is 5.39 Å². The molecule has 3 heterocycles. The molecule has 0 N–H and O–H groups in total. The van der Waals surface area contributed by atoms with Crippen LogP contribution in [0.2, 0.25) is 0 Å². The molecule has 1 amide bonds. The van der Waals surface area contributed by atoms with Gasteiger partial charge < -0.3 is 14.5 Å². The molecule has 0 bridgehead atoms. The number of carbonyl (C=O) groups excluding carboxylic acids is 1. The first-order chi connectivity index (χ1) is 15.5. The maximum absolute atomic E-state index is 13.7. The van der Waals surface area contributed by atoms with E-state index in [1.165, 1.54) is 29.0 Å². The average molecular weight is 457 g/mol. The van der Waals surface area contributed by atoms with Crippen molar-refractivity contribution in [1.29, 1.82) is 0 Å². The van der Waals surface area contributed by atoms with Gasteiger partial charge in [-0.15, -0.1) is 11.3 Å². The van der Waals surface area contributed by atoms with E-state index in [1.54, 1.807) is 40.0 Å². The van der Waals surface area contributed by atoms with Gasteiger partial charge in [0.15, 0.2) is 18.2 Å². The summed E-state index contributed by atoms with van der Waals surface area (Å²) in [6.07, 6.45) is 4.29. The van der Waals surface area contributed by atoms with Crippen LogP contribution in [0.3, 0.4) is 0 Å². The lowest BCUT2D eigenvalue weighted by atomic mass is 9.97. The highest BCUT2D eigenvalue weighted by molar-refractivity contribution is 7.18. The summed E-state index contributed by atoms with van der Waals surface area (Å²) < 4.78 is 20.7. The first-order valence-electron chi connectivity index (χ1n) is 10.9. The predicted octanol–water partition coefficient (Wildman–Crippen LogP) is 2.74. The Hall–Kier alpha value is -2.94. The Morgan fingerprint density at radius 2 is 1.91 bits per heavy atom. The number of hydrogen-bond acceptors (Lipinski definition) is 6. The fourth-order valence-corrected chi connectivity index (χ4v) is 5.75. The van der Waals surface area contributed by atoms with Crippen molar-refractivity contribution in [2.75, 3.05) is 37.7 Å². The van der Waals surface area contributed by atoms with Crippen LogP contribution in [0, 0.1) is 5.82 Å². The lowest BCUT2D eigenvalue weighted by molar-refractivity contribution is -0.133. The van der Waals surface area contributed by atoms with Crippen LogP contribution < -0.4 is 15.2 Å². The second kappa shape index (κ2) is 8.54. The van der Waals surface area contributed by atoms with E-state index in [1.807, 2.05) is 0 Å². The maximum Gasteiger partial charge on any atom is 0.263 e. The summed E-state index contributed by atoms with van der Waals surface area (Å²) in [5.41, 5.74) is 1.21. The van der Waals surface area contributed by atoms with E-state index in [0.29, 0.717) is 32.1 Å². The molecule has 0 atom stereocenters. The molecule has 2 aliphatic rings. The number of aryl methyl sites for hydroxylation is 2. The summed E-state index contributed by atoms with van der Waals surface area (Å²) >= 11 is 1.65. The smallest absolute Gasteiger partial charge is 0.263 e. The van der Waals surface area contributed by atoms with Crippen molar-refractivity contribution in [3.63, 3.8) is 0 Å². The van der Waals surface area contributed by atoms with Gasteiger partial charge in [0.2, 0.25) is 5.95 Å². The minimum absolute atomic E-state index is 0.0150. The Bertz CT molecular complexity index is 1230. The van der Waals surface area contributed by atoms with E-state index >= 15 is 0 Å². The van der Waals surface area contributed by atoms with Crippen LogP contribution in [-0.2, 0) is 24.7 Å². The number of rotatable bonds is 4. The largest absolute Gasteiger partial charge is 0.481 e. The molecule has 9 heteroatoms. The van der Waals surface area contributed by atoms with Crippen molar-refractivity contribution in [2.45, 2.75) is 25.7 Å². The number of piperazine rings is 1. The molecule has 0 saturated carbocycles. The van der Waals surface area contributed by atoms with Crippen molar-refractivity contribution in [2.24, 2.45) is 7.05 Å². The van der Waals surface area contributed by atoms with Crippen LogP contribution in [0.15, 0.2) is 29.1 Å². The van der Waals surface area contributed by atoms with Crippen molar-refractivity contribution in [3.8, 4) is 5.75 Å². The molecule has 0 spiro atoms. The summed E-state index contributed by atoms with van der Waals surface area (Å²) in [7, 11) is 1.77. The van der Waals surface area contributed by atoms with Crippen molar-refractivity contribution < 1.29 is 13.9 Å². The number of anilines is 1. The maximum atomic E-state index is 13.7. The zero-order valence-electron chi connectivity index (χ0n) is 18.0. The third-order valence-electron chi connectivity index (χ3n) is 6.28. The molecule has 7 nitrogen and oxygen atoms in total. The first kappa shape index (κ1) is 20.9. The Balaban J connectivity index is 1.28. The van der Waals surface area contributed by atoms with Crippen LogP contribution in [0.5, 0.6) is 5.75 Å². The molecule has 0 unspecified atom stereocenters. The van der Waals surface area contributed by atoms with Crippen molar-refractivity contribution in [3.05, 3.63) is 50.9 Å². The van der Waals surface area contributed by atoms with E-state index in [-0.39, 0.29) is 23.8 Å². The normalized spacial score (nSPS) is 16.3. The number of amides is 1. The fourth-order valence-electron chi connectivity index (χ4n) is 4.51. The van der Waals surface area contributed by atoms with Crippen LogP contribution in [0.4, 0.5) is 10.3 Å². The monoisotopic (exact) mass is 456 g/mol. The van der Waals surface area contributed by atoms with Crippen LogP contribution in [-0.4, -0.2) is 53.1 Å². The van der Waals surface area contributed by atoms with E-state index in [0.717, 1.165) is 29.5 Å². The van der Waals surface area contributed by atoms with Gasteiger partial charge in [-0.25, -0.2) is 9.37 Å². The van der Waals surface area contributed by atoms with E-state index in [2.05, 4.69) is 4.90 Å². The van der Waals surface area contributed by atoms with Gasteiger partial charge in [0.25, 0.3) is 11.5 Å². The lowest BCUT2D eigenvalue weighted by Gasteiger charge is -2.35. The topological polar surface area (TPSA) is 67.7 Å². The predicted molar refractivity (Wildman–Crippen MR) is 122 cm³/mol. The minimum Gasteiger partial charge on any atom is -0.481 e. The Morgan fingerprint density at radius 3 is 2.69 bits per heavy atom. The summed E-state index contributed by atoms with van der Waals surface area (Å²) in [6.45, 7) is 1.93. The summed E-state index contributed by atoms with van der Waals surface area (Å²) in [5, 5.41) is 0.787. The fraction of sp³-hybridized carbons (Fsp3) is 0.435. The van der Waals surface area contributed by atoms with Gasteiger partial charge in [-0.05, 0) is 43.4 Å². The number of thiophene rings is 1. The van der Waals surface area contributed by atoms with Crippen LogP contribution in [0.25, 0.3) is 10.2 Å². The highest BCUT2D eigenvalue weighted by atomic mass is 32.1. The molecule has 5 rings (SSSR count). The van der Waals surface area contributed by atoms with E-state index < -0.39 is 5.82 Å². The van der Waals surface area contributed by atoms with Gasteiger partial charge in [0, 0.05) is 38.1 Å². The molecule has 1 aliphatic heterocycles. The van der Waals surface area contributed by atoms with Gasteiger partial charge in [-0.1, -0.05) is 12.1 Å². The van der Waals surface area contributed by atoms with Gasteiger partial charge >= 0.3 is 0 Å². The van der Waals surface area contributed by atoms with E-state index in [4.69, 9.17) is 9.72 Å². The molecular weight excluding hydrogens is 431 g/mol. The third kappa shape index (κ3) is 3.74. The Labute approximate surface area is 189 Å². The van der Waals surface area contributed by atoms with Gasteiger partial charge in [0.1, 0.15) is 4.83 Å². The molecule has 1 fully saturated rings. The van der Waals surface area contributed by atoms with Gasteiger partial charge in [-0.2, -0.15) is 0 Å². The molecule has 1 aliphatic carbocycles. The summed E-state index contributed by atoms with van der Waals surface area (Å²) in [5.74, 6) is 0.0559. The standard InChI is InChI=1S/C23H25FN4O3S/c1-26-22(30)20-15-6-2-5-9-18(15)32-21(20)25-23(26)28-12-10-27(11-13-28)19(29)14-31-17-8-4-3-7-16(17)24/h3-4,7-8H,2,5-6,9-14H2,1H3. The number of hydrogen-bond donors (Lipinski definition) is 0. The molecule has 2 aromatic heterocycles. The SMILES string of the molecule is Cn1c(N2CCN(C(=O)COc3ccccc3F)CC2)nc2sc3c(c2c1=O)CCCC3. The molecule has 0 radical (unpaired) electrons. The van der Waals surface area contributed by atoms with Gasteiger partial charge in [-0.3, -0.25) is 14.2 Å². The number of ether oxygens (including phenoxy) is 1. The number of carbonyl (C=O) groups is 1. The molecule has 3 aromatic rings. The molecule has 32 heavy (non-hydrogen) atoms. The first-order valence-corrected chi connectivity index (χ1v) is 11.8. The average Bonchev–Trinajstić information content (AvgIpc) is 3.19. The highest BCUT2D eigenvalue weighted by Crippen LogP contribution is 2.34. The van der Waals surface area contributed by atoms with Crippen LogP contribution in [0.1, 0.15) is 23.3 Å². The molecule has 168 valence electrons. The second-order valence-corrected chi connectivity index (χ2v) is 9.34. The zero-order chi connectivity index (χ0) is 22.2. The number of fused-ring (bicyclic) bond motifs is 3. The van der Waals surface area contributed by atoms with Crippen LogP contribution >= 0.6 is 11.3 Å². The Kier molecular flexibility index (Phi) is 5.58. The number of para-hydroxylation sites is 1. The molecular formula is C23H25FN4O3S. The van der Waals surface area contributed by atoms with Crippen molar-refractivity contribution in [1.82, 2.24) is 14.5 Å². The Morgan fingerprint density at radius 1 is 1.16 bits per heavy atom. The zero-order valence-corrected chi connectivity index (χ0v) is 18.8. The number of benzene rings is 1. The van der Waals surface area contributed by atoms with E-state index in [9.17, 15) is 14.0 Å². The molecule has 1 aromatic carbocycles. The highest BCUT2D eigenvalue weighted by Gasteiger charge is 2.26. The summed E-state index contributed by atoms with van der Waals surface area (Å²) in [4.78, 5) is 36.4. The lowest BCUT2D eigenvalue weighted by Crippen LogP contribution is -2.51. The number of halogens is 1. The van der Waals surface area contributed by atoms with Crippen molar-refractivity contribution >= 4 is 33.4 Å². The third-order valence-corrected chi connectivity index (χ3v) is 7.46.